The highest BCUT2D eigenvalue weighted by molar-refractivity contribution is 7.99. The molecule has 3 aromatic heterocycles. The minimum absolute atomic E-state index is 0.0308. The van der Waals surface area contributed by atoms with Crippen molar-refractivity contribution in [1.29, 1.82) is 0 Å². The van der Waals surface area contributed by atoms with Crippen LogP contribution in [-0.2, 0) is 12.4 Å². The quantitative estimate of drug-likeness (QED) is 0.122. The maximum absolute atomic E-state index is 13.2. The number of hydrogen-bond acceptors (Lipinski definition) is 8. The molecule has 196 valence electrons. The normalized spacial score (nSPS) is 12.4. The first-order valence-corrected chi connectivity index (χ1v) is 12.4. The van der Waals surface area contributed by atoms with Crippen molar-refractivity contribution in [1.82, 2.24) is 30.1 Å². The third kappa shape index (κ3) is 6.00. The molecule has 0 fully saturated rings. The summed E-state index contributed by atoms with van der Waals surface area (Å²) in [6, 6.07) is 7.42. The number of aromatic amines is 1. The Kier molecular flexibility index (Phi) is 6.96. The summed E-state index contributed by atoms with van der Waals surface area (Å²) in [7, 11) is 0. The molecule has 7 nitrogen and oxygen atoms in total. The SMILES string of the molecule is FC(F)(F)c1cc(-c2nc(Sc3cc(Cl)nc(Sc4nc5cc(Cl)ccc5o4)n3)n[nH]2)cc(C(F)(F)F)c1. The average Bonchev–Trinajstić information content (AvgIpc) is 3.43. The van der Waals surface area contributed by atoms with Crippen molar-refractivity contribution < 1.29 is 30.8 Å². The molecular weight excluding hydrogens is 601 g/mol. The molecule has 0 aliphatic carbocycles. The first-order valence-electron chi connectivity index (χ1n) is 10.0. The van der Waals surface area contributed by atoms with E-state index in [2.05, 4.69) is 30.1 Å². The summed E-state index contributed by atoms with van der Waals surface area (Å²) < 4.78 is 84.8. The standard InChI is InChI=1S/C21H8Cl2F6N6OS2/c22-11-1-2-13-12(6-11)30-19(36-13)38-17-31-14(23)7-15(32-17)37-18-33-16(34-35-18)8-3-9(20(24,25)26)5-10(4-8)21(27,28)29/h1-7H,(H,33,34,35). The highest BCUT2D eigenvalue weighted by atomic mass is 35.5. The fourth-order valence-electron chi connectivity index (χ4n) is 3.08. The largest absolute Gasteiger partial charge is 0.431 e. The van der Waals surface area contributed by atoms with E-state index in [1.807, 2.05) is 0 Å². The van der Waals surface area contributed by atoms with E-state index in [9.17, 15) is 26.3 Å². The number of halogens is 8. The molecular formula is C21H8Cl2F6N6OS2. The van der Waals surface area contributed by atoms with Crippen LogP contribution in [0.2, 0.25) is 10.2 Å². The first-order chi connectivity index (χ1) is 17.8. The second kappa shape index (κ2) is 9.94. The van der Waals surface area contributed by atoms with Gasteiger partial charge in [0.1, 0.15) is 15.7 Å². The number of H-pyrrole nitrogens is 1. The van der Waals surface area contributed by atoms with E-state index in [1.54, 1.807) is 18.2 Å². The van der Waals surface area contributed by atoms with Crippen LogP contribution in [0.5, 0.6) is 0 Å². The summed E-state index contributed by atoms with van der Waals surface area (Å²) in [4.78, 5) is 16.7. The van der Waals surface area contributed by atoms with E-state index in [0.717, 1.165) is 23.5 Å². The minimum atomic E-state index is -5.00. The number of aromatic nitrogens is 6. The summed E-state index contributed by atoms with van der Waals surface area (Å²) in [6.45, 7) is 0. The number of benzene rings is 2. The molecule has 0 unspecified atom stereocenters. The molecule has 0 saturated carbocycles. The highest BCUT2D eigenvalue weighted by Crippen LogP contribution is 2.39. The van der Waals surface area contributed by atoms with Gasteiger partial charge >= 0.3 is 12.4 Å². The van der Waals surface area contributed by atoms with Crippen LogP contribution in [-0.4, -0.2) is 30.1 Å². The van der Waals surface area contributed by atoms with E-state index in [1.165, 1.54) is 6.07 Å². The van der Waals surface area contributed by atoms with E-state index < -0.39 is 29.0 Å². The second-order valence-corrected chi connectivity index (χ2v) is 10.1. The van der Waals surface area contributed by atoms with Crippen LogP contribution in [0.15, 0.2) is 67.4 Å². The van der Waals surface area contributed by atoms with Crippen LogP contribution >= 0.6 is 46.7 Å². The van der Waals surface area contributed by atoms with E-state index >= 15 is 0 Å². The fourth-order valence-corrected chi connectivity index (χ4v) is 5.04. The minimum Gasteiger partial charge on any atom is -0.431 e. The third-order valence-electron chi connectivity index (χ3n) is 4.68. The van der Waals surface area contributed by atoms with Gasteiger partial charge in [0.05, 0.1) is 11.1 Å². The van der Waals surface area contributed by atoms with Crippen LogP contribution in [0.4, 0.5) is 26.3 Å². The molecule has 5 rings (SSSR count). The van der Waals surface area contributed by atoms with Crippen molar-refractivity contribution in [2.45, 2.75) is 32.9 Å². The van der Waals surface area contributed by atoms with Gasteiger partial charge in [-0.25, -0.2) is 19.9 Å². The van der Waals surface area contributed by atoms with E-state index in [4.69, 9.17) is 27.6 Å². The Labute approximate surface area is 226 Å². The fraction of sp³-hybridized carbons (Fsp3) is 0.0952. The zero-order valence-corrected chi connectivity index (χ0v) is 21.2. The van der Waals surface area contributed by atoms with Gasteiger partial charge in [0.25, 0.3) is 5.22 Å². The van der Waals surface area contributed by atoms with Gasteiger partial charge in [-0.2, -0.15) is 26.3 Å². The predicted octanol–water partition coefficient (Wildman–Crippen LogP) is 8.05. The number of alkyl halides is 6. The first kappa shape index (κ1) is 26.6. The van der Waals surface area contributed by atoms with Crippen molar-refractivity contribution in [2.24, 2.45) is 0 Å². The average molecular weight is 609 g/mol. The number of nitrogens with zero attached hydrogens (tertiary/aromatic N) is 5. The van der Waals surface area contributed by atoms with Crippen molar-refractivity contribution in [3.05, 3.63) is 63.8 Å². The van der Waals surface area contributed by atoms with E-state index in [-0.39, 0.29) is 37.6 Å². The van der Waals surface area contributed by atoms with E-state index in [0.29, 0.717) is 28.3 Å². The number of fused-ring (bicyclic) bond motifs is 1. The van der Waals surface area contributed by atoms with Crippen molar-refractivity contribution in [2.75, 3.05) is 0 Å². The van der Waals surface area contributed by atoms with Gasteiger partial charge in [0.2, 0.25) is 5.16 Å². The molecule has 0 spiro atoms. The molecule has 3 heterocycles. The molecule has 1 N–H and O–H groups in total. The Morgan fingerprint density at radius 1 is 0.763 bits per heavy atom. The lowest BCUT2D eigenvalue weighted by molar-refractivity contribution is -0.143. The number of oxazole rings is 1. The van der Waals surface area contributed by atoms with Crippen LogP contribution in [0, 0.1) is 0 Å². The summed E-state index contributed by atoms with van der Waals surface area (Å²) >= 11 is 13.9. The number of hydrogen-bond donors (Lipinski definition) is 1. The Bertz CT molecular complexity index is 1620. The zero-order valence-electron chi connectivity index (χ0n) is 18.0. The molecule has 38 heavy (non-hydrogen) atoms. The molecule has 0 aliphatic heterocycles. The molecule has 0 aliphatic rings. The van der Waals surface area contributed by atoms with Gasteiger partial charge in [0, 0.05) is 28.4 Å². The molecule has 0 radical (unpaired) electrons. The molecule has 5 aromatic rings. The van der Waals surface area contributed by atoms with Gasteiger partial charge in [-0.15, -0.1) is 5.10 Å². The maximum Gasteiger partial charge on any atom is 0.416 e. The summed E-state index contributed by atoms with van der Waals surface area (Å²) in [5.41, 5.74) is -2.38. The summed E-state index contributed by atoms with van der Waals surface area (Å²) in [5.74, 6) is -0.302. The Morgan fingerprint density at radius 2 is 1.47 bits per heavy atom. The lowest BCUT2D eigenvalue weighted by Gasteiger charge is -2.13. The van der Waals surface area contributed by atoms with Crippen LogP contribution in [0.25, 0.3) is 22.5 Å². The highest BCUT2D eigenvalue weighted by Gasteiger charge is 2.37. The Hall–Kier alpha value is -3.01. The van der Waals surface area contributed by atoms with Gasteiger partial charge in [-0.1, -0.05) is 23.2 Å². The molecule has 0 bridgehead atoms. The maximum atomic E-state index is 13.2. The molecule has 0 saturated heterocycles. The smallest absolute Gasteiger partial charge is 0.416 e. The lowest BCUT2D eigenvalue weighted by Crippen LogP contribution is -2.11. The van der Waals surface area contributed by atoms with Crippen molar-refractivity contribution >= 4 is 57.8 Å². The second-order valence-electron chi connectivity index (χ2n) is 7.37. The predicted molar refractivity (Wildman–Crippen MR) is 126 cm³/mol. The summed E-state index contributed by atoms with van der Waals surface area (Å²) in [6.07, 6.45) is -10.00. The monoisotopic (exact) mass is 608 g/mol. The molecule has 0 amide bonds. The zero-order chi connectivity index (χ0) is 27.2. The molecule has 0 atom stereocenters. The van der Waals surface area contributed by atoms with Crippen LogP contribution in [0.1, 0.15) is 11.1 Å². The molecule has 2 aromatic carbocycles. The third-order valence-corrected chi connectivity index (χ3v) is 6.61. The van der Waals surface area contributed by atoms with Crippen LogP contribution in [0.3, 0.4) is 0 Å². The summed E-state index contributed by atoms with van der Waals surface area (Å²) in [5, 5.41) is 7.32. The topological polar surface area (TPSA) is 93.4 Å². The van der Waals surface area contributed by atoms with Crippen molar-refractivity contribution in [3.63, 3.8) is 0 Å². The Balaban J connectivity index is 1.40. The Morgan fingerprint density at radius 3 is 2.16 bits per heavy atom. The van der Waals surface area contributed by atoms with Gasteiger partial charge in [0.15, 0.2) is 16.6 Å². The number of rotatable bonds is 5. The number of nitrogens with one attached hydrogen (secondary N) is 1. The van der Waals surface area contributed by atoms with Crippen molar-refractivity contribution in [3.8, 4) is 11.4 Å². The lowest BCUT2D eigenvalue weighted by atomic mass is 10.0. The molecule has 17 heteroatoms. The van der Waals surface area contributed by atoms with Gasteiger partial charge in [-0.3, -0.25) is 5.10 Å². The van der Waals surface area contributed by atoms with Gasteiger partial charge in [-0.05, 0) is 48.2 Å². The van der Waals surface area contributed by atoms with Crippen LogP contribution < -0.4 is 0 Å². The van der Waals surface area contributed by atoms with Gasteiger partial charge < -0.3 is 4.42 Å².